The zero-order valence-corrected chi connectivity index (χ0v) is 10.8. The highest BCUT2D eigenvalue weighted by atomic mass is 35.5. The lowest BCUT2D eigenvalue weighted by molar-refractivity contribution is 0.199. The molecule has 0 saturated heterocycles. The van der Waals surface area contributed by atoms with Gasteiger partial charge in [0.25, 0.3) is 0 Å². The lowest BCUT2D eigenvalue weighted by atomic mass is 10.2. The molecule has 1 aromatic carbocycles. The number of benzene rings is 1. The smallest absolute Gasteiger partial charge is 0.0792 e. The van der Waals surface area contributed by atoms with Crippen LogP contribution in [0.15, 0.2) is 30.6 Å². The fourth-order valence-electron chi connectivity index (χ4n) is 1.51. The van der Waals surface area contributed by atoms with Crippen molar-refractivity contribution < 1.29 is 5.11 Å². The van der Waals surface area contributed by atoms with Crippen LogP contribution >= 0.6 is 23.2 Å². The molecule has 0 aliphatic heterocycles. The molecule has 1 unspecified atom stereocenters. The second kappa shape index (κ2) is 5.08. The summed E-state index contributed by atoms with van der Waals surface area (Å²) in [6.07, 6.45) is 2.94. The molecule has 1 N–H and O–H groups in total. The Labute approximate surface area is 110 Å². The number of aromatic nitrogens is 2. The molecular formula is C12H12Cl2N2O. The maximum Gasteiger partial charge on any atom is 0.0792 e. The van der Waals surface area contributed by atoms with Crippen molar-refractivity contribution in [2.24, 2.45) is 0 Å². The monoisotopic (exact) mass is 270 g/mol. The van der Waals surface area contributed by atoms with Crippen molar-refractivity contribution in [3.05, 3.63) is 51.8 Å². The molecule has 0 spiro atoms. The first-order valence-corrected chi connectivity index (χ1v) is 5.96. The van der Waals surface area contributed by atoms with E-state index < -0.39 is 6.10 Å². The van der Waals surface area contributed by atoms with Crippen molar-refractivity contribution in [3.63, 3.8) is 0 Å². The summed E-state index contributed by atoms with van der Waals surface area (Å²) >= 11 is 11.9. The minimum absolute atomic E-state index is 0.510. The molecule has 0 bridgehead atoms. The zero-order valence-electron chi connectivity index (χ0n) is 9.27. The van der Waals surface area contributed by atoms with Crippen LogP contribution in [0.4, 0.5) is 0 Å². The third-order valence-corrected chi connectivity index (χ3v) is 3.07. The molecule has 5 heteroatoms. The molecule has 0 radical (unpaired) electrons. The first-order chi connectivity index (χ1) is 8.06. The van der Waals surface area contributed by atoms with Crippen LogP contribution in [0.3, 0.4) is 0 Å². The van der Waals surface area contributed by atoms with E-state index >= 15 is 0 Å². The molecule has 0 amide bonds. The van der Waals surface area contributed by atoms with Crippen molar-refractivity contribution in [2.45, 2.75) is 19.6 Å². The number of hydrogen-bond donors (Lipinski definition) is 1. The molecule has 0 aliphatic rings. The standard InChI is InChI=1S/C12H12Cl2N2O/c1-8(17)10-5-15-16(7-10)6-9-2-3-11(13)4-12(9)14/h2-5,7-8,17H,6H2,1H3. The molecule has 1 aromatic heterocycles. The number of aliphatic hydroxyl groups excluding tert-OH is 1. The van der Waals surface area contributed by atoms with E-state index in [4.69, 9.17) is 23.2 Å². The molecule has 1 heterocycles. The molecule has 0 aliphatic carbocycles. The number of nitrogens with zero attached hydrogens (tertiary/aromatic N) is 2. The van der Waals surface area contributed by atoms with Crippen LogP contribution in [0.2, 0.25) is 10.0 Å². The van der Waals surface area contributed by atoms with E-state index in [2.05, 4.69) is 5.10 Å². The van der Waals surface area contributed by atoms with Gasteiger partial charge in [0.05, 0.1) is 18.8 Å². The zero-order chi connectivity index (χ0) is 12.4. The van der Waals surface area contributed by atoms with Gasteiger partial charge >= 0.3 is 0 Å². The van der Waals surface area contributed by atoms with E-state index in [1.165, 1.54) is 0 Å². The van der Waals surface area contributed by atoms with Gasteiger partial charge in [-0.15, -0.1) is 0 Å². The molecular weight excluding hydrogens is 259 g/mol. The minimum Gasteiger partial charge on any atom is -0.389 e. The number of halogens is 2. The van der Waals surface area contributed by atoms with Gasteiger partial charge < -0.3 is 5.11 Å². The van der Waals surface area contributed by atoms with Crippen LogP contribution in [0.25, 0.3) is 0 Å². The van der Waals surface area contributed by atoms with Gasteiger partial charge in [0.2, 0.25) is 0 Å². The summed E-state index contributed by atoms with van der Waals surface area (Å²) < 4.78 is 1.73. The summed E-state index contributed by atoms with van der Waals surface area (Å²) in [5.41, 5.74) is 1.73. The van der Waals surface area contributed by atoms with Crippen molar-refractivity contribution >= 4 is 23.2 Å². The second-order valence-electron chi connectivity index (χ2n) is 3.88. The summed E-state index contributed by atoms with van der Waals surface area (Å²) in [7, 11) is 0. The van der Waals surface area contributed by atoms with E-state index in [0.717, 1.165) is 11.1 Å². The van der Waals surface area contributed by atoms with E-state index in [1.807, 2.05) is 6.07 Å². The van der Waals surface area contributed by atoms with E-state index in [0.29, 0.717) is 16.6 Å². The molecule has 17 heavy (non-hydrogen) atoms. The highest BCUT2D eigenvalue weighted by molar-refractivity contribution is 6.35. The highest BCUT2D eigenvalue weighted by Gasteiger charge is 2.06. The van der Waals surface area contributed by atoms with Crippen molar-refractivity contribution in [1.82, 2.24) is 9.78 Å². The SMILES string of the molecule is CC(O)c1cnn(Cc2ccc(Cl)cc2Cl)c1. The van der Waals surface area contributed by atoms with Crippen LogP contribution < -0.4 is 0 Å². The molecule has 0 fully saturated rings. The van der Waals surface area contributed by atoms with Gasteiger partial charge in [-0.05, 0) is 24.6 Å². The summed E-state index contributed by atoms with van der Waals surface area (Å²) in [5.74, 6) is 0. The van der Waals surface area contributed by atoms with Crippen LogP contribution in [0, 0.1) is 0 Å². The highest BCUT2D eigenvalue weighted by Crippen LogP contribution is 2.22. The van der Waals surface area contributed by atoms with Crippen LogP contribution in [0.1, 0.15) is 24.2 Å². The first-order valence-electron chi connectivity index (χ1n) is 5.20. The van der Waals surface area contributed by atoms with Crippen LogP contribution in [-0.4, -0.2) is 14.9 Å². The largest absolute Gasteiger partial charge is 0.389 e. The van der Waals surface area contributed by atoms with Crippen molar-refractivity contribution in [1.29, 1.82) is 0 Å². The molecule has 1 atom stereocenters. The van der Waals surface area contributed by atoms with Crippen LogP contribution in [-0.2, 0) is 6.54 Å². The van der Waals surface area contributed by atoms with Gasteiger partial charge in [0.1, 0.15) is 0 Å². The van der Waals surface area contributed by atoms with Crippen molar-refractivity contribution in [2.75, 3.05) is 0 Å². The Hall–Kier alpha value is -1.03. The summed E-state index contributed by atoms with van der Waals surface area (Å²) in [4.78, 5) is 0. The Morgan fingerprint density at radius 2 is 2.18 bits per heavy atom. The number of hydrogen-bond acceptors (Lipinski definition) is 2. The Kier molecular flexibility index (Phi) is 3.72. The summed E-state index contributed by atoms with van der Waals surface area (Å²) in [6, 6.07) is 5.37. The maximum atomic E-state index is 9.40. The Bertz CT molecular complexity index is 523. The Morgan fingerprint density at radius 3 is 2.76 bits per heavy atom. The minimum atomic E-state index is -0.510. The molecule has 90 valence electrons. The van der Waals surface area contributed by atoms with Gasteiger partial charge in [-0.1, -0.05) is 29.3 Å². The maximum absolute atomic E-state index is 9.40. The predicted molar refractivity (Wildman–Crippen MR) is 68.4 cm³/mol. The fraction of sp³-hybridized carbons (Fsp3) is 0.250. The Balaban J connectivity index is 2.19. The van der Waals surface area contributed by atoms with Gasteiger partial charge in [-0.25, -0.2) is 0 Å². The third-order valence-electron chi connectivity index (χ3n) is 2.48. The normalized spacial score (nSPS) is 12.7. The van der Waals surface area contributed by atoms with Gasteiger partial charge in [-0.2, -0.15) is 5.10 Å². The summed E-state index contributed by atoms with van der Waals surface area (Å²) in [5, 5.41) is 14.8. The first kappa shape index (κ1) is 12.4. The quantitative estimate of drug-likeness (QED) is 0.930. The van der Waals surface area contributed by atoms with Crippen LogP contribution in [0.5, 0.6) is 0 Å². The van der Waals surface area contributed by atoms with E-state index in [-0.39, 0.29) is 0 Å². The average Bonchev–Trinajstić information content (AvgIpc) is 2.71. The molecule has 3 nitrogen and oxygen atoms in total. The predicted octanol–water partition coefficient (Wildman–Crippen LogP) is 3.29. The van der Waals surface area contributed by atoms with Gasteiger partial charge in [0, 0.05) is 21.8 Å². The number of rotatable bonds is 3. The lowest BCUT2D eigenvalue weighted by Gasteiger charge is -2.05. The van der Waals surface area contributed by atoms with Crippen molar-refractivity contribution in [3.8, 4) is 0 Å². The van der Waals surface area contributed by atoms with E-state index in [1.54, 1.807) is 36.1 Å². The average molecular weight is 271 g/mol. The van der Waals surface area contributed by atoms with E-state index in [9.17, 15) is 5.11 Å². The molecule has 0 saturated carbocycles. The topological polar surface area (TPSA) is 38.1 Å². The Morgan fingerprint density at radius 1 is 1.41 bits per heavy atom. The number of aliphatic hydroxyl groups is 1. The summed E-state index contributed by atoms with van der Waals surface area (Å²) in [6.45, 7) is 2.26. The van der Waals surface area contributed by atoms with Gasteiger partial charge in [-0.3, -0.25) is 4.68 Å². The molecule has 2 aromatic rings. The second-order valence-corrected chi connectivity index (χ2v) is 4.73. The van der Waals surface area contributed by atoms with Gasteiger partial charge in [0.15, 0.2) is 0 Å². The molecule has 2 rings (SSSR count). The fourth-order valence-corrected chi connectivity index (χ4v) is 1.97. The lowest BCUT2D eigenvalue weighted by Crippen LogP contribution is -2.00. The third kappa shape index (κ3) is 3.00.